The minimum atomic E-state index is -0.135. The van der Waals surface area contributed by atoms with Crippen LogP contribution in [0.15, 0.2) is 48.5 Å². The molecule has 2 aromatic rings. The molecule has 0 saturated heterocycles. The number of aryl methyl sites for hydroxylation is 1. The van der Waals surface area contributed by atoms with Gasteiger partial charge in [0.2, 0.25) is 11.8 Å². The smallest absolute Gasteiger partial charge is 0.243 e. The first-order chi connectivity index (χ1) is 14.0. The lowest BCUT2D eigenvalue weighted by atomic mass is 10.1. The average Bonchev–Trinajstić information content (AvgIpc) is 2.72. The fraction of sp³-hybridized carbons (Fsp3) is 0.391. The van der Waals surface area contributed by atoms with E-state index >= 15 is 0 Å². The van der Waals surface area contributed by atoms with Crippen LogP contribution < -0.4 is 15.4 Å². The number of carbonyl (C=O) groups is 2. The lowest BCUT2D eigenvalue weighted by Gasteiger charge is -2.13. The molecule has 0 radical (unpaired) electrons. The molecule has 156 valence electrons. The summed E-state index contributed by atoms with van der Waals surface area (Å²) < 4.78 is 5.77. The molecule has 0 aliphatic rings. The Balaban J connectivity index is 1.81. The van der Waals surface area contributed by atoms with Gasteiger partial charge in [-0.05, 0) is 42.7 Å². The first-order valence-electron chi connectivity index (χ1n) is 10.0. The summed E-state index contributed by atoms with van der Waals surface area (Å²) in [5.74, 6) is 0.724. The first kappa shape index (κ1) is 22.3. The van der Waals surface area contributed by atoms with Crippen LogP contribution in [0.25, 0.3) is 0 Å². The van der Waals surface area contributed by atoms with E-state index in [1.807, 2.05) is 48.5 Å². The maximum atomic E-state index is 12.3. The van der Waals surface area contributed by atoms with Crippen LogP contribution in [0.2, 0.25) is 0 Å². The van der Waals surface area contributed by atoms with E-state index in [1.165, 1.54) is 0 Å². The lowest BCUT2D eigenvalue weighted by molar-refractivity contribution is -0.128. The predicted molar refractivity (Wildman–Crippen MR) is 117 cm³/mol. The van der Waals surface area contributed by atoms with E-state index < -0.39 is 0 Å². The van der Waals surface area contributed by atoms with Gasteiger partial charge in [-0.15, -0.1) is 0 Å². The van der Waals surface area contributed by atoms with Crippen molar-refractivity contribution in [3.8, 4) is 5.75 Å². The van der Waals surface area contributed by atoms with Crippen LogP contribution in [0.1, 0.15) is 31.7 Å². The molecule has 0 fully saturated rings. The average molecular weight is 398 g/mol. The Morgan fingerprint density at radius 3 is 2.45 bits per heavy atom. The van der Waals surface area contributed by atoms with Gasteiger partial charge in [-0.25, -0.2) is 0 Å². The predicted octanol–water partition coefficient (Wildman–Crippen LogP) is 3.94. The number of amides is 2. The van der Waals surface area contributed by atoms with Gasteiger partial charge in [-0.3, -0.25) is 9.59 Å². The molecule has 0 aliphatic heterocycles. The number of carbonyl (C=O) groups excluding carboxylic acids is 2. The second-order valence-electron chi connectivity index (χ2n) is 7.08. The molecule has 0 bridgehead atoms. The Morgan fingerprint density at radius 2 is 1.76 bits per heavy atom. The summed E-state index contributed by atoms with van der Waals surface area (Å²) in [6, 6.07) is 15.2. The Morgan fingerprint density at radius 1 is 1.03 bits per heavy atom. The molecule has 0 unspecified atom stereocenters. The van der Waals surface area contributed by atoms with Gasteiger partial charge in [0.25, 0.3) is 0 Å². The summed E-state index contributed by atoms with van der Waals surface area (Å²) in [6.07, 6.45) is 3.22. The molecule has 2 N–H and O–H groups in total. The van der Waals surface area contributed by atoms with Crippen LogP contribution in [0, 0.1) is 0 Å². The van der Waals surface area contributed by atoms with E-state index in [0.29, 0.717) is 19.4 Å². The maximum Gasteiger partial charge on any atom is 0.243 e. The van der Waals surface area contributed by atoms with Gasteiger partial charge < -0.3 is 20.3 Å². The SMILES string of the molecule is CCCCOc1ccccc1NCC(=O)Nc1ccc(CCC(=O)N(C)C)cc1. The number of anilines is 2. The Hall–Kier alpha value is -3.02. The quantitative estimate of drug-likeness (QED) is 0.564. The highest BCUT2D eigenvalue weighted by Crippen LogP contribution is 2.23. The topological polar surface area (TPSA) is 70.7 Å². The second kappa shape index (κ2) is 11.7. The number of nitrogens with zero attached hydrogens (tertiary/aromatic N) is 1. The minimum Gasteiger partial charge on any atom is -0.491 e. The normalized spacial score (nSPS) is 10.3. The van der Waals surface area contributed by atoms with Crippen LogP contribution in [-0.2, 0) is 16.0 Å². The molecule has 6 heteroatoms. The van der Waals surface area contributed by atoms with E-state index in [4.69, 9.17) is 4.74 Å². The number of nitrogens with one attached hydrogen (secondary N) is 2. The zero-order valence-electron chi connectivity index (χ0n) is 17.5. The van der Waals surface area contributed by atoms with Crippen LogP contribution in [0.4, 0.5) is 11.4 Å². The number of ether oxygens (including phenoxy) is 1. The molecule has 0 aromatic heterocycles. The summed E-state index contributed by atoms with van der Waals surface area (Å²) in [6.45, 7) is 2.93. The van der Waals surface area contributed by atoms with Gasteiger partial charge in [0.1, 0.15) is 5.75 Å². The fourth-order valence-corrected chi connectivity index (χ4v) is 2.68. The van der Waals surface area contributed by atoms with E-state index in [9.17, 15) is 9.59 Å². The van der Waals surface area contributed by atoms with Crippen molar-refractivity contribution in [1.82, 2.24) is 4.90 Å². The first-order valence-corrected chi connectivity index (χ1v) is 10.0. The number of hydrogen-bond donors (Lipinski definition) is 2. The van der Waals surface area contributed by atoms with Gasteiger partial charge >= 0.3 is 0 Å². The zero-order chi connectivity index (χ0) is 21.1. The molecule has 0 heterocycles. The summed E-state index contributed by atoms with van der Waals surface area (Å²) in [7, 11) is 3.51. The molecule has 0 atom stereocenters. The van der Waals surface area contributed by atoms with Crippen LogP contribution in [0.5, 0.6) is 5.75 Å². The Kier molecular flexibility index (Phi) is 9.02. The Bertz CT molecular complexity index is 788. The largest absolute Gasteiger partial charge is 0.491 e. The van der Waals surface area contributed by atoms with Gasteiger partial charge in [-0.2, -0.15) is 0 Å². The number of rotatable bonds is 11. The monoisotopic (exact) mass is 397 g/mol. The summed E-state index contributed by atoms with van der Waals surface area (Å²) >= 11 is 0. The second-order valence-corrected chi connectivity index (χ2v) is 7.08. The van der Waals surface area contributed by atoms with Gasteiger partial charge in [0.15, 0.2) is 0 Å². The molecule has 2 rings (SSSR count). The molecule has 29 heavy (non-hydrogen) atoms. The van der Waals surface area contributed by atoms with Gasteiger partial charge in [0, 0.05) is 26.2 Å². The highest BCUT2D eigenvalue weighted by Gasteiger charge is 2.07. The third-order valence-electron chi connectivity index (χ3n) is 4.45. The van der Waals surface area contributed by atoms with Crippen molar-refractivity contribution in [2.45, 2.75) is 32.6 Å². The van der Waals surface area contributed by atoms with Crippen molar-refractivity contribution in [2.75, 3.05) is 37.9 Å². The summed E-state index contributed by atoms with van der Waals surface area (Å²) in [5, 5.41) is 6.01. The van der Waals surface area contributed by atoms with Crippen molar-refractivity contribution in [2.24, 2.45) is 0 Å². The fourth-order valence-electron chi connectivity index (χ4n) is 2.68. The Labute approximate surface area is 173 Å². The van der Waals surface area contributed by atoms with E-state index in [0.717, 1.165) is 35.5 Å². The lowest BCUT2D eigenvalue weighted by Crippen LogP contribution is -2.22. The van der Waals surface area contributed by atoms with Crippen LogP contribution in [0.3, 0.4) is 0 Å². The van der Waals surface area contributed by atoms with E-state index in [1.54, 1.807) is 19.0 Å². The van der Waals surface area contributed by atoms with Crippen LogP contribution >= 0.6 is 0 Å². The molecular formula is C23H31N3O3. The van der Waals surface area contributed by atoms with Gasteiger partial charge in [-0.1, -0.05) is 37.6 Å². The molecule has 0 spiro atoms. The number of hydrogen-bond acceptors (Lipinski definition) is 4. The molecule has 0 saturated carbocycles. The minimum absolute atomic E-state index is 0.104. The van der Waals surface area contributed by atoms with E-state index in [-0.39, 0.29) is 18.4 Å². The van der Waals surface area contributed by atoms with Crippen molar-refractivity contribution >= 4 is 23.2 Å². The molecule has 2 aromatic carbocycles. The molecule has 6 nitrogen and oxygen atoms in total. The summed E-state index contributed by atoms with van der Waals surface area (Å²) in [5.41, 5.74) is 2.60. The molecular weight excluding hydrogens is 366 g/mol. The highest BCUT2D eigenvalue weighted by molar-refractivity contribution is 5.94. The number of para-hydroxylation sites is 2. The number of benzene rings is 2. The van der Waals surface area contributed by atoms with Crippen molar-refractivity contribution in [3.05, 3.63) is 54.1 Å². The van der Waals surface area contributed by atoms with Crippen LogP contribution in [-0.4, -0.2) is 44.0 Å². The summed E-state index contributed by atoms with van der Waals surface area (Å²) in [4.78, 5) is 25.5. The van der Waals surface area contributed by atoms with E-state index in [2.05, 4.69) is 17.6 Å². The third kappa shape index (κ3) is 7.86. The molecule has 0 aliphatic carbocycles. The van der Waals surface area contributed by atoms with Crippen molar-refractivity contribution in [1.29, 1.82) is 0 Å². The van der Waals surface area contributed by atoms with Gasteiger partial charge in [0.05, 0.1) is 18.8 Å². The zero-order valence-corrected chi connectivity index (χ0v) is 17.5. The molecule has 2 amide bonds. The standard InChI is InChI=1S/C23H31N3O3/c1-4-5-16-29-21-9-7-6-8-20(21)24-17-22(27)25-19-13-10-18(11-14-19)12-15-23(28)26(2)3/h6-11,13-14,24H,4-5,12,15-17H2,1-3H3,(H,25,27). The highest BCUT2D eigenvalue weighted by atomic mass is 16.5. The maximum absolute atomic E-state index is 12.3. The van der Waals surface area contributed by atoms with Crippen molar-refractivity contribution < 1.29 is 14.3 Å². The third-order valence-corrected chi connectivity index (χ3v) is 4.45. The number of unbranched alkanes of at least 4 members (excludes halogenated alkanes) is 1. The van der Waals surface area contributed by atoms with Crippen molar-refractivity contribution in [3.63, 3.8) is 0 Å².